The Morgan fingerprint density at radius 1 is 1.12 bits per heavy atom. The van der Waals surface area contributed by atoms with Crippen LogP contribution in [0.25, 0.3) is 0 Å². The van der Waals surface area contributed by atoms with E-state index in [1.165, 1.54) is 4.90 Å². The standard InChI is InChI=1S/C21H25NO4/c1-15-7-6-8-16(2)20(15)26-19-11-12-22(13-18(19)23)21(24)25-14-17-9-4-3-5-10-17/h3-10,18-19,23H,11-14H2,1-2H3/t18-,19-/m1/s1. The van der Waals surface area contributed by atoms with Crippen molar-refractivity contribution in [2.24, 2.45) is 0 Å². The fourth-order valence-corrected chi connectivity index (χ4v) is 3.16. The van der Waals surface area contributed by atoms with E-state index < -0.39 is 12.2 Å². The van der Waals surface area contributed by atoms with Gasteiger partial charge in [-0.3, -0.25) is 0 Å². The smallest absolute Gasteiger partial charge is 0.410 e. The van der Waals surface area contributed by atoms with Crippen molar-refractivity contribution in [2.45, 2.75) is 39.1 Å². The number of aliphatic hydroxyl groups is 1. The third-order valence-electron chi connectivity index (χ3n) is 4.66. The Hall–Kier alpha value is -2.53. The maximum atomic E-state index is 12.2. The van der Waals surface area contributed by atoms with Gasteiger partial charge in [0.1, 0.15) is 24.6 Å². The highest BCUT2D eigenvalue weighted by Gasteiger charge is 2.32. The van der Waals surface area contributed by atoms with E-state index in [4.69, 9.17) is 9.47 Å². The minimum absolute atomic E-state index is 0.212. The number of benzene rings is 2. The molecule has 0 bridgehead atoms. The number of carbonyl (C=O) groups is 1. The molecule has 138 valence electrons. The van der Waals surface area contributed by atoms with E-state index in [-0.39, 0.29) is 19.3 Å². The number of hydrogen-bond donors (Lipinski definition) is 1. The molecule has 26 heavy (non-hydrogen) atoms. The number of nitrogens with zero attached hydrogens (tertiary/aromatic N) is 1. The van der Waals surface area contributed by atoms with Crippen molar-refractivity contribution < 1.29 is 19.4 Å². The van der Waals surface area contributed by atoms with Crippen molar-refractivity contribution in [2.75, 3.05) is 13.1 Å². The molecule has 2 aromatic rings. The number of ether oxygens (including phenoxy) is 2. The Kier molecular flexibility index (Phi) is 5.78. The van der Waals surface area contributed by atoms with Gasteiger partial charge in [-0.1, -0.05) is 48.5 Å². The van der Waals surface area contributed by atoms with Gasteiger partial charge in [0.2, 0.25) is 0 Å². The number of piperidine rings is 1. The minimum atomic E-state index is -0.743. The summed E-state index contributed by atoms with van der Waals surface area (Å²) in [5.41, 5.74) is 3.03. The summed E-state index contributed by atoms with van der Waals surface area (Å²) in [4.78, 5) is 13.8. The maximum absolute atomic E-state index is 12.2. The molecular formula is C21H25NO4. The second kappa shape index (κ2) is 8.23. The molecule has 0 aromatic heterocycles. The van der Waals surface area contributed by atoms with Crippen LogP contribution in [0.2, 0.25) is 0 Å². The fourth-order valence-electron chi connectivity index (χ4n) is 3.16. The molecule has 1 aliphatic heterocycles. The van der Waals surface area contributed by atoms with Crippen LogP contribution in [0.3, 0.4) is 0 Å². The maximum Gasteiger partial charge on any atom is 0.410 e. The largest absolute Gasteiger partial charge is 0.487 e. The average Bonchev–Trinajstić information content (AvgIpc) is 2.65. The molecule has 1 heterocycles. The van der Waals surface area contributed by atoms with E-state index in [1.807, 2.05) is 62.4 Å². The van der Waals surface area contributed by atoms with Gasteiger partial charge in [0.05, 0.1) is 6.54 Å². The number of β-amino-alcohol motifs (C(OH)–C–C–N with tert-alkyl or cyclic N) is 1. The molecule has 0 radical (unpaired) electrons. The lowest BCUT2D eigenvalue weighted by atomic mass is 10.0. The first-order chi connectivity index (χ1) is 12.5. The molecule has 3 rings (SSSR count). The highest BCUT2D eigenvalue weighted by molar-refractivity contribution is 5.67. The number of amides is 1. The molecule has 1 aliphatic rings. The van der Waals surface area contributed by atoms with E-state index >= 15 is 0 Å². The van der Waals surface area contributed by atoms with Crippen molar-refractivity contribution >= 4 is 6.09 Å². The topological polar surface area (TPSA) is 59.0 Å². The molecule has 1 saturated heterocycles. The molecule has 1 fully saturated rings. The van der Waals surface area contributed by atoms with Gasteiger partial charge in [0.25, 0.3) is 0 Å². The van der Waals surface area contributed by atoms with Crippen LogP contribution in [-0.2, 0) is 11.3 Å². The Bertz CT molecular complexity index is 727. The van der Waals surface area contributed by atoms with Gasteiger partial charge in [-0.05, 0) is 30.5 Å². The van der Waals surface area contributed by atoms with Gasteiger partial charge >= 0.3 is 6.09 Å². The summed E-state index contributed by atoms with van der Waals surface area (Å²) in [6.45, 7) is 4.92. The molecule has 0 spiro atoms. The summed E-state index contributed by atoms with van der Waals surface area (Å²) in [6.07, 6.45) is -0.909. The van der Waals surface area contributed by atoms with Crippen LogP contribution >= 0.6 is 0 Å². The van der Waals surface area contributed by atoms with Gasteiger partial charge in [-0.25, -0.2) is 4.79 Å². The zero-order valence-electron chi connectivity index (χ0n) is 15.2. The van der Waals surface area contributed by atoms with Crippen LogP contribution in [0, 0.1) is 13.8 Å². The number of para-hydroxylation sites is 1. The van der Waals surface area contributed by atoms with Gasteiger partial charge in [-0.15, -0.1) is 0 Å². The minimum Gasteiger partial charge on any atom is -0.487 e. The predicted molar refractivity (Wildman–Crippen MR) is 99.2 cm³/mol. The van der Waals surface area contributed by atoms with Crippen LogP contribution < -0.4 is 4.74 Å². The van der Waals surface area contributed by atoms with Gasteiger partial charge in [-0.2, -0.15) is 0 Å². The highest BCUT2D eigenvalue weighted by atomic mass is 16.6. The molecule has 0 saturated carbocycles. The Labute approximate surface area is 154 Å². The fraction of sp³-hybridized carbons (Fsp3) is 0.381. The lowest BCUT2D eigenvalue weighted by Crippen LogP contribution is -2.51. The molecule has 0 unspecified atom stereocenters. The molecular weight excluding hydrogens is 330 g/mol. The van der Waals surface area contributed by atoms with E-state index in [2.05, 4.69) is 0 Å². The van der Waals surface area contributed by atoms with Crippen LogP contribution in [-0.4, -0.2) is 41.4 Å². The quantitative estimate of drug-likeness (QED) is 0.913. The van der Waals surface area contributed by atoms with E-state index in [9.17, 15) is 9.90 Å². The first-order valence-corrected chi connectivity index (χ1v) is 8.91. The third-order valence-corrected chi connectivity index (χ3v) is 4.66. The summed E-state index contributed by atoms with van der Waals surface area (Å²) in [5, 5.41) is 10.4. The molecule has 2 atom stereocenters. The van der Waals surface area contributed by atoms with Gasteiger partial charge < -0.3 is 19.5 Å². The number of aliphatic hydroxyl groups excluding tert-OH is 1. The Balaban J connectivity index is 1.54. The second-order valence-electron chi connectivity index (χ2n) is 6.72. The Morgan fingerprint density at radius 2 is 1.81 bits per heavy atom. The number of carbonyl (C=O) groups excluding carboxylic acids is 1. The van der Waals surface area contributed by atoms with Crippen LogP contribution in [0.1, 0.15) is 23.1 Å². The molecule has 1 N–H and O–H groups in total. The Morgan fingerprint density at radius 3 is 2.46 bits per heavy atom. The van der Waals surface area contributed by atoms with E-state index in [0.29, 0.717) is 13.0 Å². The third kappa shape index (κ3) is 4.35. The van der Waals surface area contributed by atoms with Crippen molar-refractivity contribution in [3.63, 3.8) is 0 Å². The van der Waals surface area contributed by atoms with Crippen molar-refractivity contribution in [1.82, 2.24) is 4.90 Å². The van der Waals surface area contributed by atoms with Crippen molar-refractivity contribution in [1.29, 1.82) is 0 Å². The average molecular weight is 355 g/mol. The summed E-state index contributed by atoms with van der Waals surface area (Å²) in [5.74, 6) is 0.816. The highest BCUT2D eigenvalue weighted by Crippen LogP contribution is 2.26. The summed E-state index contributed by atoms with van der Waals surface area (Å²) >= 11 is 0. The number of aryl methyl sites for hydroxylation is 2. The van der Waals surface area contributed by atoms with Gasteiger partial charge in [0.15, 0.2) is 0 Å². The second-order valence-corrected chi connectivity index (χ2v) is 6.72. The normalized spacial score (nSPS) is 19.9. The summed E-state index contributed by atoms with van der Waals surface area (Å²) in [6, 6.07) is 15.5. The van der Waals surface area contributed by atoms with Crippen LogP contribution in [0.4, 0.5) is 4.79 Å². The molecule has 5 heteroatoms. The lowest BCUT2D eigenvalue weighted by molar-refractivity contribution is -0.0257. The zero-order chi connectivity index (χ0) is 18.5. The van der Waals surface area contributed by atoms with Gasteiger partial charge in [0, 0.05) is 13.0 Å². The predicted octanol–water partition coefficient (Wildman–Crippen LogP) is 3.45. The van der Waals surface area contributed by atoms with Crippen LogP contribution in [0.5, 0.6) is 5.75 Å². The lowest BCUT2D eigenvalue weighted by Gasteiger charge is -2.35. The SMILES string of the molecule is Cc1cccc(C)c1O[C@@H]1CCN(C(=O)OCc2ccccc2)C[C@H]1O. The number of likely N-dealkylation sites (tertiary alicyclic amines) is 1. The van der Waals surface area contributed by atoms with Crippen molar-refractivity contribution in [3.8, 4) is 5.75 Å². The van der Waals surface area contributed by atoms with Crippen molar-refractivity contribution in [3.05, 3.63) is 65.2 Å². The zero-order valence-corrected chi connectivity index (χ0v) is 15.2. The molecule has 1 amide bonds. The molecule has 0 aliphatic carbocycles. The van der Waals surface area contributed by atoms with E-state index in [0.717, 1.165) is 22.4 Å². The van der Waals surface area contributed by atoms with Crippen LogP contribution in [0.15, 0.2) is 48.5 Å². The number of rotatable bonds is 4. The first-order valence-electron chi connectivity index (χ1n) is 8.91. The first kappa shape index (κ1) is 18.3. The molecule has 2 aromatic carbocycles. The monoisotopic (exact) mass is 355 g/mol. The summed E-state index contributed by atoms with van der Waals surface area (Å²) < 4.78 is 11.4. The summed E-state index contributed by atoms with van der Waals surface area (Å²) in [7, 11) is 0. The molecule has 5 nitrogen and oxygen atoms in total. The van der Waals surface area contributed by atoms with E-state index in [1.54, 1.807) is 0 Å². The number of hydrogen-bond acceptors (Lipinski definition) is 4.